The van der Waals surface area contributed by atoms with E-state index < -0.39 is 0 Å². The molecule has 148 valence electrons. The predicted molar refractivity (Wildman–Crippen MR) is 115 cm³/mol. The lowest BCUT2D eigenvalue weighted by molar-refractivity contribution is 0.394. The molecule has 0 N–H and O–H groups in total. The molecule has 0 saturated carbocycles. The first kappa shape index (κ1) is 20.1. The molecule has 3 rings (SSSR count). The van der Waals surface area contributed by atoms with Crippen LogP contribution in [-0.4, -0.2) is 29.0 Å². The molecule has 0 aliphatic carbocycles. The first-order valence-electron chi connectivity index (χ1n) is 9.27. The maximum absolute atomic E-state index is 5.98. The predicted octanol–water partition coefficient (Wildman–Crippen LogP) is 4.98. The van der Waals surface area contributed by atoms with Crippen LogP contribution in [-0.2, 0) is 12.8 Å². The molecule has 0 amide bonds. The van der Waals surface area contributed by atoms with Gasteiger partial charge in [-0.25, -0.2) is 0 Å². The Morgan fingerprint density at radius 1 is 0.759 bits per heavy atom. The summed E-state index contributed by atoms with van der Waals surface area (Å²) in [6.45, 7) is 7.59. The van der Waals surface area contributed by atoms with Gasteiger partial charge in [0.2, 0.25) is 5.95 Å². The number of hydrogen-bond donors (Lipinski definition) is 0. The third-order valence-corrected chi connectivity index (χ3v) is 4.06. The van der Waals surface area contributed by atoms with Gasteiger partial charge in [0.1, 0.15) is 11.5 Å². The maximum Gasteiger partial charge on any atom is 0.330 e. The van der Waals surface area contributed by atoms with Crippen molar-refractivity contribution < 1.29 is 9.47 Å². The number of ether oxygens (including phenoxy) is 2. The molecular formula is C23H24N4O2. The number of allylic oxidation sites excluding steroid dienone is 2. The first-order valence-corrected chi connectivity index (χ1v) is 9.27. The van der Waals surface area contributed by atoms with Crippen molar-refractivity contribution >= 4 is 5.95 Å². The molecular weight excluding hydrogens is 364 g/mol. The largest absolute Gasteiger partial charge is 0.424 e. The molecule has 0 unspecified atom stereocenters. The first-order chi connectivity index (χ1) is 14.1. The van der Waals surface area contributed by atoms with Crippen LogP contribution in [0.1, 0.15) is 11.1 Å². The summed E-state index contributed by atoms with van der Waals surface area (Å²) >= 11 is 0. The zero-order valence-electron chi connectivity index (χ0n) is 16.7. The molecule has 6 nitrogen and oxygen atoms in total. The number of benzene rings is 2. The highest BCUT2D eigenvalue weighted by Gasteiger charge is 2.14. The number of nitrogens with zero attached hydrogens (tertiary/aromatic N) is 4. The molecule has 0 aliphatic rings. The number of anilines is 1. The number of aromatic nitrogens is 3. The van der Waals surface area contributed by atoms with Gasteiger partial charge in [0, 0.05) is 14.1 Å². The standard InChI is InChI=1S/C23H24N4O2/c1-5-11-17-13-7-9-15-19(17)28-22-24-21(27(3)4)25-23(26-22)29-20-16-10-8-14-18(20)12-6-2/h5-10,13-16H,1-2,11-12H2,3-4H3. The van der Waals surface area contributed by atoms with Gasteiger partial charge >= 0.3 is 12.0 Å². The number of rotatable bonds is 9. The van der Waals surface area contributed by atoms with Crippen LogP contribution in [0.4, 0.5) is 5.95 Å². The fraction of sp³-hybridized carbons (Fsp3) is 0.174. The Morgan fingerprint density at radius 3 is 1.62 bits per heavy atom. The average molecular weight is 388 g/mol. The van der Waals surface area contributed by atoms with Crippen LogP contribution in [0, 0.1) is 0 Å². The topological polar surface area (TPSA) is 60.4 Å². The third kappa shape index (κ3) is 5.19. The quantitative estimate of drug-likeness (QED) is 0.482. The Labute approximate surface area is 171 Å². The lowest BCUT2D eigenvalue weighted by Crippen LogP contribution is -2.14. The summed E-state index contributed by atoms with van der Waals surface area (Å²) in [4.78, 5) is 14.9. The van der Waals surface area contributed by atoms with Crippen molar-refractivity contribution in [3.8, 4) is 23.5 Å². The monoisotopic (exact) mass is 388 g/mol. The van der Waals surface area contributed by atoms with E-state index in [-0.39, 0.29) is 12.0 Å². The highest BCUT2D eigenvalue weighted by Crippen LogP contribution is 2.28. The summed E-state index contributed by atoms with van der Waals surface area (Å²) in [5.74, 6) is 1.77. The van der Waals surface area contributed by atoms with E-state index in [9.17, 15) is 0 Å². The van der Waals surface area contributed by atoms with Gasteiger partial charge in [-0.3, -0.25) is 0 Å². The summed E-state index contributed by atoms with van der Waals surface area (Å²) in [5.41, 5.74) is 1.99. The van der Waals surface area contributed by atoms with E-state index in [1.165, 1.54) is 0 Å². The van der Waals surface area contributed by atoms with Gasteiger partial charge in [-0.1, -0.05) is 48.6 Å². The van der Waals surface area contributed by atoms with Crippen LogP contribution < -0.4 is 14.4 Å². The third-order valence-electron chi connectivity index (χ3n) is 4.06. The molecule has 0 spiro atoms. The molecule has 1 aromatic heterocycles. The maximum atomic E-state index is 5.98. The van der Waals surface area contributed by atoms with E-state index in [2.05, 4.69) is 28.1 Å². The molecule has 0 aliphatic heterocycles. The summed E-state index contributed by atoms with van der Waals surface area (Å²) < 4.78 is 12.0. The molecule has 0 bridgehead atoms. The van der Waals surface area contributed by atoms with Crippen molar-refractivity contribution in [1.29, 1.82) is 0 Å². The second-order valence-corrected chi connectivity index (χ2v) is 6.50. The smallest absolute Gasteiger partial charge is 0.330 e. The van der Waals surface area contributed by atoms with Gasteiger partial charge in [-0.15, -0.1) is 18.1 Å². The molecule has 1 heterocycles. The Hall–Kier alpha value is -3.67. The van der Waals surface area contributed by atoms with Crippen molar-refractivity contribution in [2.75, 3.05) is 19.0 Å². The lowest BCUT2D eigenvalue weighted by Gasteiger charge is -2.15. The zero-order chi connectivity index (χ0) is 20.6. The molecule has 2 aromatic carbocycles. The van der Waals surface area contributed by atoms with E-state index in [4.69, 9.17) is 9.47 Å². The normalized spacial score (nSPS) is 10.3. The summed E-state index contributed by atoms with van der Waals surface area (Å²) in [5, 5.41) is 0. The van der Waals surface area contributed by atoms with Crippen molar-refractivity contribution in [3.63, 3.8) is 0 Å². The Kier molecular flexibility index (Phi) is 6.58. The summed E-state index contributed by atoms with van der Waals surface area (Å²) in [6.07, 6.45) is 5.01. The molecule has 0 atom stereocenters. The van der Waals surface area contributed by atoms with Gasteiger partial charge in [-0.05, 0) is 36.1 Å². The fourth-order valence-corrected chi connectivity index (χ4v) is 2.67. The van der Waals surface area contributed by atoms with E-state index in [0.29, 0.717) is 30.3 Å². The second-order valence-electron chi connectivity index (χ2n) is 6.50. The minimum Gasteiger partial charge on any atom is -0.424 e. The SMILES string of the molecule is C=CCc1ccccc1Oc1nc(Oc2ccccc2CC=C)nc(N(C)C)n1. The molecule has 29 heavy (non-hydrogen) atoms. The Balaban J connectivity index is 1.95. The van der Waals surface area contributed by atoms with Crippen LogP contribution in [0.5, 0.6) is 23.5 Å². The van der Waals surface area contributed by atoms with Crippen molar-refractivity contribution in [1.82, 2.24) is 15.0 Å². The molecule has 6 heteroatoms. The minimum absolute atomic E-state index is 0.163. The van der Waals surface area contributed by atoms with E-state index in [0.717, 1.165) is 11.1 Å². The van der Waals surface area contributed by atoms with Gasteiger partial charge < -0.3 is 14.4 Å². The Morgan fingerprint density at radius 2 is 1.21 bits per heavy atom. The Bertz CT molecular complexity index is 928. The summed E-state index contributed by atoms with van der Waals surface area (Å²) in [7, 11) is 3.69. The second kappa shape index (κ2) is 9.50. The van der Waals surface area contributed by atoms with Crippen LogP contribution in [0.3, 0.4) is 0 Å². The van der Waals surface area contributed by atoms with E-state index >= 15 is 0 Å². The minimum atomic E-state index is 0.163. The number of para-hydroxylation sites is 2. The molecule has 0 saturated heterocycles. The highest BCUT2D eigenvalue weighted by molar-refractivity contribution is 5.39. The number of hydrogen-bond acceptors (Lipinski definition) is 6. The fourth-order valence-electron chi connectivity index (χ4n) is 2.67. The average Bonchev–Trinajstić information content (AvgIpc) is 2.71. The molecule has 0 fully saturated rings. The van der Waals surface area contributed by atoms with Gasteiger partial charge in [0.05, 0.1) is 0 Å². The molecule has 3 aromatic rings. The van der Waals surface area contributed by atoms with Crippen molar-refractivity contribution in [2.24, 2.45) is 0 Å². The van der Waals surface area contributed by atoms with E-state index in [1.54, 1.807) is 4.90 Å². The van der Waals surface area contributed by atoms with Crippen LogP contribution in [0.15, 0.2) is 73.8 Å². The lowest BCUT2D eigenvalue weighted by atomic mass is 10.1. The summed E-state index contributed by atoms with van der Waals surface area (Å²) in [6, 6.07) is 15.7. The highest BCUT2D eigenvalue weighted by atomic mass is 16.5. The zero-order valence-corrected chi connectivity index (χ0v) is 16.7. The van der Waals surface area contributed by atoms with Crippen LogP contribution >= 0.6 is 0 Å². The van der Waals surface area contributed by atoms with Crippen molar-refractivity contribution in [3.05, 3.63) is 85.0 Å². The van der Waals surface area contributed by atoms with Crippen LogP contribution in [0.2, 0.25) is 0 Å². The molecule has 0 radical (unpaired) electrons. The van der Waals surface area contributed by atoms with E-state index in [1.807, 2.05) is 74.8 Å². The van der Waals surface area contributed by atoms with Crippen LogP contribution in [0.25, 0.3) is 0 Å². The van der Waals surface area contributed by atoms with Gasteiger partial charge in [0.15, 0.2) is 0 Å². The van der Waals surface area contributed by atoms with Gasteiger partial charge in [0.25, 0.3) is 0 Å². The van der Waals surface area contributed by atoms with Crippen molar-refractivity contribution in [2.45, 2.75) is 12.8 Å². The van der Waals surface area contributed by atoms with Gasteiger partial charge in [-0.2, -0.15) is 9.97 Å².